The van der Waals surface area contributed by atoms with Gasteiger partial charge in [0.15, 0.2) is 12.4 Å². The number of rotatable bonds is 8. The fourth-order valence-corrected chi connectivity index (χ4v) is 3.28. The van der Waals surface area contributed by atoms with Crippen LogP contribution in [-0.2, 0) is 17.4 Å². The van der Waals surface area contributed by atoms with Crippen LogP contribution in [0.3, 0.4) is 0 Å². The molecule has 3 aromatic carbocycles. The molecule has 166 valence electrons. The molecule has 0 atom stereocenters. The third-order valence-corrected chi connectivity index (χ3v) is 4.96. The lowest BCUT2D eigenvalue weighted by Gasteiger charge is -2.10. The molecule has 0 radical (unpaired) electrons. The first-order valence-electron chi connectivity index (χ1n) is 9.88. The Hall–Kier alpha value is -3.61. The maximum Gasteiger partial charge on any atom is 0.416 e. The molecule has 3 rings (SSSR count). The van der Waals surface area contributed by atoms with Crippen LogP contribution < -0.4 is 4.74 Å². The molecular weight excluding hydrogens is 421 g/mol. The summed E-state index contributed by atoms with van der Waals surface area (Å²) >= 11 is 0. The van der Waals surface area contributed by atoms with Crippen molar-refractivity contribution in [3.05, 3.63) is 89.0 Å². The number of benzene rings is 3. The van der Waals surface area contributed by atoms with E-state index in [1.54, 1.807) is 25.1 Å². The lowest BCUT2D eigenvalue weighted by molar-refractivity contribution is -0.139. The number of carboxylic acids is 1. The highest BCUT2D eigenvalue weighted by molar-refractivity contribution is 5.96. The highest BCUT2D eigenvalue weighted by Crippen LogP contribution is 2.31. The number of carbonyl (C=O) groups is 2. The van der Waals surface area contributed by atoms with Gasteiger partial charge in [-0.25, -0.2) is 4.79 Å². The van der Waals surface area contributed by atoms with Crippen LogP contribution in [0, 0.1) is 6.92 Å². The summed E-state index contributed by atoms with van der Waals surface area (Å²) in [6.07, 6.45) is -3.64. The van der Waals surface area contributed by atoms with Crippen molar-refractivity contribution < 1.29 is 32.6 Å². The predicted octanol–water partition coefficient (Wildman–Crippen LogP) is 5.96. The van der Waals surface area contributed by atoms with Crippen LogP contribution in [0.2, 0.25) is 0 Å². The zero-order chi connectivity index (χ0) is 23.3. The fraction of sp³-hybridized carbons (Fsp3) is 0.200. The summed E-state index contributed by atoms with van der Waals surface area (Å²) in [5.41, 5.74) is 2.82. The predicted molar refractivity (Wildman–Crippen MR) is 114 cm³/mol. The molecular formula is C25H21F3O4. The highest BCUT2D eigenvalue weighted by atomic mass is 19.4. The minimum atomic E-state index is -4.38. The average Bonchev–Trinajstić information content (AvgIpc) is 2.76. The number of carboxylic acid groups (broad SMARTS) is 1. The molecule has 0 aliphatic rings. The second-order valence-corrected chi connectivity index (χ2v) is 7.36. The van der Waals surface area contributed by atoms with E-state index in [-0.39, 0.29) is 12.2 Å². The van der Waals surface area contributed by atoms with Crippen molar-refractivity contribution in [1.29, 1.82) is 0 Å². The standard InChI is InChI=1S/C25H21F3O4/c1-16-13-20(8-12-23(16)32-15-24(30)31)22(29)11-5-17-3-2-4-19(14-17)18-6-9-21(10-7-18)25(26,27)28/h2-4,6-10,12-14H,5,11,15H2,1H3,(H,30,31). The number of ether oxygens (including phenoxy) is 1. The van der Waals surface area contributed by atoms with Gasteiger partial charge in [-0.2, -0.15) is 13.2 Å². The molecule has 0 amide bonds. The van der Waals surface area contributed by atoms with Crippen LogP contribution in [0.1, 0.15) is 33.5 Å². The first-order valence-corrected chi connectivity index (χ1v) is 9.88. The van der Waals surface area contributed by atoms with Gasteiger partial charge in [0.25, 0.3) is 0 Å². The third-order valence-electron chi connectivity index (χ3n) is 4.96. The van der Waals surface area contributed by atoms with Crippen molar-refractivity contribution in [2.75, 3.05) is 6.61 Å². The number of alkyl halides is 3. The quantitative estimate of drug-likeness (QED) is 0.437. The maximum atomic E-state index is 12.8. The van der Waals surface area contributed by atoms with Crippen molar-refractivity contribution in [3.8, 4) is 16.9 Å². The lowest BCUT2D eigenvalue weighted by atomic mass is 9.97. The van der Waals surface area contributed by atoms with E-state index >= 15 is 0 Å². The van der Waals surface area contributed by atoms with E-state index in [1.165, 1.54) is 12.1 Å². The summed E-state index contributed by atoms with van der Waals surface area (Å²) in [4.78, 5) is 23.2. The summed E-state index contributed by atoms with van der Waals surface area (Å²) in [5, 5.41) is 8.70. The van der Waals surface area contributed by atoms with Crippen LogP contribution in [0.25, 0.3) is 11.1 Å². The van der Waals surface area contributed by atoms with Gasteiger partial charge in [0.1, 0.15) is 5.75 Å². The molecule has 32 heavy (non-hydrogen) atoms. The van der Waals surface area contributed by atoms with Crippen LogP contribution in [0.5, 0.6) is 5.75 Å². The zero-order valence-corrected chi connectivity index (χ0v) is 17.3. The largest absolute Gasteiger partial charge is 0.482 e. The van der Waals surface area contributed by atoms with Gasteiger partial charge < -0.3 is 9.84 Å². The van der Waals surface area contributed by atoms with Crippen molar-refractivity contribution in [1.82, 2.24) is 0 Å². The van der Waals surface area contributed by atoms with Gasteiger partial charge in [0.05, 0.1) is 5.56 Å². The molecule has 0 bridgehead atoms. The molecule has 0 saturated carbocycles. The number of halogens is 3. The number of aliphatic carboxylic acids is 1. The van der Waals surface area contributed by atoms with E-state index in [9.17, 15) is 22.8 Å². The lowest BCUT2D eigenvalue weighted by Crippen LogP contribution is -2.10. The SMILES string of the molecule is Cc1cc(C(=O)CCc2cccc(-c3ccc(C(F)(F)F)cc3)c2)ccc1OCC(=O)O. The van der Waals surface area contributed by atoms with Gasteiger partial charge in [-0.3, -0.25) is 4.79 Å². The molecule has 4 nitrogen and oxygen atoms in total. The zero-order valence-electron chi connectivity index (χ0n) is 17.3. The Morgan fingerprint density at radius 3 is 2.28 bits per heavy atom. The summed E-state index contributed by atoms with van der Waals surface area (Å²) in [6.45, 7) is 1.28. The molecule has 0 aliphatic heterocycles. The molecule has 0 unspecified atom stereocenters. The summed E-state index contributed by atoms with van der Waals surface area (Å²) in [7, 11) is 0. The molecule has 7 heteroatoms. The Kier molecular flexibility index (Phi) is 6.98. The van der Waals surface area contributed by atoms with Gasteiger partial charge in [0.2, 0.25) is 0 Å². The first kappa shape index (κ1) is 23.1. The molecule has 0 aromatic heterocycles. The van der Waals surface area contributed by atoms with Crippen LogP contribution in [0.15, 0.2) is 66.7 Å². The fourth-order valence-electron chi connectivity index (χ4n) is 3.28. The van der Waals surface area contributed by atoms with Crippen LogP contribution in [-0.4, -0.2) is 23.5 Å². The normalized spacial score (nSPS) is 11.2. The summed E-state index contributed by atoms with van der Waals surface area (Å²) < 4.78 is 43.4. The second-order valence-electron chi connectivity index (χ2n) is 7.36. The van der Waals surface area contributed by atoms with E-state index < -0.39 is 24.3 Å². The van der Waals surface area contributed by atoms with Crippen LogP contribution >= 0.6 is 0 Å². The Morgan fingerprint density at radius 2 is 1.66 bits per heavy atom. The Bertz CT molecular complexity index is 1120. The van der Waals surface area contributed by atoms with Gasteiger partial charge in [-0.05, 0) is 65.9 Å². The van der Waals surface area contributed by atoms with Crippen molar-refractivity contribution in [3.63, 3.8) is 0 Å². The van der Waals surface area contributed by atoms with E-state index in [4.69, 9.17) is 9.84 Å². The summed E-state index contributed by atoms with van der Waals surface area (Å²) in [6, 6.07) is 17.2. The van der Waals surface area contributed by atoms with Crippen molar-refractivity contribution >= 4 is 11.8 Å². The first-order chi connectivity index (χ1) is 15.1. The van der Waals surface area contributed by atoms with Crippen molar-refractivity contribution in [2.24, 2.45) is 0 Å². The monoisotopic (exact) mass is 442 g/mol. The minimum Gasteiger partial charge on any atom is -0.482 e. The topological polar surface area (TPSA) is 63.6 Å². The van der Waals surface area contributed by atoms with Crippen LogP contribution in [0.4, 0.5) is 13.2 Å². The minimum absolute atomic E-state index is 0.0715. The molecule has 3 aromatic rings. The highest BCUT2D eigenvalue weighted by Gasteiger charge is 2.29. The maximum absolute atomic E-state index is 12.8. The van der Waals surface area contributed by atoms with E-state index in [2.05, 4.69) is 0 Å². The van der Waals surface area contributed by atoms with Crippen molar-refractivity contribution in [2.45, 2.75) is 25.9 Å². The van der Waals surface area contributed by atoms with E-state index in [1.807, 2.05) is 24.3 Å². The van der Waals surface area contributed by atoms with E-state index in [0.717, 1.165) is 23.3 Å². The molecule has 0 saturated heterocycles. The average molecular weight is 442 g/mol. The Balaban J connectivity index is 1.65. The number of hydrogen-bond donors (Lipinski definition) is 1. The molecule has 0 aliphatic carbocycles. The molecule has 0 heterocycles. The Labute approximate surface area is 183 Å². The number of aryl methyl sites for hydroxylation is 2. The number of hydrogen-bond acceptors (Lipinski definition) is 3. The molecule has 0 fully saturated rings. The molecule has 1 N–H and O–H groups in total. The second kappa shape index (κ2) is 9.68. The van der Waals surface area contributed by atoms with E-state index in [0.29, 0.717) is 28.9 Å². The smallest absolute Gasteiger partial charge is 0.416 e. The number of carbonyl (C=O) groups excluding carboxylic acids is 1. The van der Waals surface area contributed by atoms with Gasteiger partial charge in [0, 0.05) is 12.0 Å². The molecule has 0 spiro atoms. The number of Topliss-reactive ketones (excluding diaryl/α,β-unsaturated/α-hetero) is 1. The number of ketones is 1. The van der Waals surface area contributed by atoms with Gasteiger partial charge in [-0.15, -0.1) is 0 Å². The van der Waals surface area contributed by atoms with Gasteiger partial charge >= 0.3 is 12.1 Å². The summed E-state index contributed by atoms with van der Waals surface area (Å²) in [5.74, 6) is -0.742. The third kappa shape index (κ3) is 5.97. The van der Waals surface area contributed by atoms with Gasteiger partial charge in [-0.1, -0.05) is 36.4 Å². The Morgan fingerprint density at radius 1 is 0.938 bits per heavy atom.